The van der Waals surface area contributed by atoms with Crippen LogP contribution < -0.4 is 0 Å². The minimum absolute atomic E-state index is 0.388. The number of hydrogen-bond donors (Lipinski definition) is 0. The molecule has 1 unspecified atom stereocenters. The largest absolute Gasteiger partial charge is 0.697 e. The molecule has 11 heavy (non-hydrogen) atoms. The average Bonchev–Trinajstić information content (AvgIpc) is 1.79. The Hall–Kier alpha value is 0.0200. The van der Waals surface area contributed by atoms with Crippen LogP contribution in [0.4, 0.5) is 0 Å². The molecule has 0 aliphatic rings. The van der Waals surface area contributed by atoms with E-state index in [4.69, 9.17) is 9.05 Å². The van der Waals surface area contributed by atoms with E-state index < -0.39 is 8.25 Å². The summed E-state index contributed by atoms with van der Waals surface area (Å²) in [6.45, 7) is 7.98. The van der Waals surface area contributed by atoms with Crippen molar-refractivity contribution in [1.29, 1.82) is 0 Å². The lowest BCUT2D eigenvalue weighted by Crippen LogP contribution is -2.14. The minimum atomic E-state index is -1.92. The highest BCUT2D eigenvalue weighted by molar-refractivity contribution is 7.33. The van der Waals surface area contributed by atoms with Crippen LogP contribution in [0.5, 0.6) is 0 Å². The highest BCUT2D eigenvalue weighted by Gasteiger charge is 2.29. The summed E-state index contributed by atoms with van der Waals surface area (Å²) in [6, 6.07) is 0. The van der Waals surface area contributed by atoms with Gasteiger partial charge in [0.25, 0.3) is 0 Å². The Morgan fingerprint density at radius 3 is 2.27 bits per heavy atom. The van der Waals surface area contributed by atoms with Gasteiger partial charge in [-0.2, -0.15) is 0 Å². The summed E-state index contributed by atoms with van der Waals surface area (Å²) < 4.78 is 20.8. The van der Waals surface area contributed by atoms with Crippen molar-refractivity contribution in [3.05, 3.63) is 0 Å². The van der Waals surface area contributed by atoms with Gasteiger partial charge in [-0.25, -0.2) is 0 Å². The first-order chi connectivity index (χ1) is 4.95. The van der Waals surface area contributed by atoms with Crippen LogP contribution >= 0.6 is 8.25 Å². The van der Waals surface area contributed by atoms with E-state index in [9.17, 15) is 4.57 Å². The molecule has 66 valence electrons. The molecule has 0 aromatic carbocycles. The molecule has 0 aromatic rings. The zero-order valence-electron chi connectivity index (χ0n) is 7.59. The van der Waals surface area contributed by atoms with Crippen LogP contribution in [0.1, 0.15) is 34.1 Å². The van der Waals surface area contributed by atoms with Crippen LogP contribution in [0.15, 0.2) is 0 Å². The highest BCUT2D eigenvalue weighted by atomic mass is 31.1. The summed E-state index contributed by atoms with van der Waals surface area (Å²) >= 11 is 0. The lowest BCUT2D eigenvalue weighted by Gasteiger charge is -2.07. The third-order valence-corrected chi connectivity index (χ3v) is 1.84. The van der Waals surface area contributed by atoms with Crippen molar-refractivity contribution in [3.63, 3.8) is 0 Å². The van der Waals surface area contributed by atoms with Crippen molar-refractivity contribution in [2.75, 3.05) is 6.61 Å². The molecule has 0 heterocycles. The van der Waals surface area contributed by atoms with Crippen LogP contribution in [0.2, 0.25) is 0 Å². The molecule has 1 atom stereocenters. The molecule has 0 saturated heterocycles. The van der Waals surface area contributed by atoms with Gasteiger partial charge in [0.15, 0.2) is 0 Å². The summed E-state index contributed by atoms with van der Waals surface area (Å²) in [5, 5.41) is 0. The van der Waals surface area contributed by atoms with Crippen LogP contribution in [0, 0.1) is 0 Å². The van der Waals surface area contributed by atoms with Gasteiger partial charge in [0.2, 0.25) is 0 Å². The predicted octanol–water partition coefficient (Wildman–Crippen LogP) is 2.89. The van der Waals surface area contributed by atoms with E-state index in [-0.39, 0.29) is 5.60 Å². The third kappa shape index (κ3) is 7.92. The van der Waals surface area contributed by atoms with Gasteiger partial charge in [0.1, 0.15) is 12.2 Å². The van der Waals surface area contributed by atoms with Crippen LogP contribution in [0.25, 0.3) is 0 Å². The second-order valence-electron chi connectivity index (χ2n) is 3.26. The maximum Gasteiger partial charge on any atom is 0.697 e. The van der Waals surface area contributed by atoms with Gasteiger partial charge in [0, 0.05) is 4.57 Å². The van der Waals surface area contributed by atoms with Crippen molar-refractivity contribution in [3.8, 4) is 0 Å². The molecule has 0 aliphatic heterocycles. The van der Waals surface area contributed by atoms with E-state index in [0.717, 1.165) is 6.42 Å². The summed E-state index contributed by atoms with van der Waals surface area (Å²) in [5.74, 6) is 0. The zero-order chi connectivity index (χ0) is 8.91. The fraction of sp³-hybridized carbons (Fsp3) is 1.00. The van der Waals surface area contributed by atoms with Crippen molar-refractivity contribution in [1.82, 2.24) is 0 Å². The quantitative estimate of drug-likeness (QED) is 0.622. The molecule has 0 amide bonds. The molecule has 0 fully saturated rings. The van der Waals surface area contributed by atoms with E-state index >= 15 is 0 Å². The summed E-state index contributed by atoms with van der Waals surface area (Å²) in [4.78, 5) is 0. The Morgan fingerprint density at radius 1 is 1.36 bits per heavy atom. The average molecular weight is 179 g/mol. The van der Waals surface area contributed by atoms with Gasteiger partial charge in [0.05, 0.1) is 0 Å². The van der Waals surface area contributed by atoms with Gasteiger partial charge in [-0.3, -0.25) is 0 Å². The maximum absolute atomic E-state index is 10.9. The molecule has 0 rings (SSSR count). The van der Waals surface area contributed by atoms with Crippen molar-refractivity contribution in [2.45, 2.75) is 39.7 Å². The van der Waals surface area contributed by atoms with Gasteiger partial charge in [-0.15, -0.1) is 9.05 Å². The molecule has 0 N–H and O–H groups in total. The van der Waals surface area contributed by atoms with E-state index in [0.29, 0.717) is 6.61 Å². The SMILES string of the molecule is CCCO[P+](=O)OC(C)(C)C. The molecule has 4 heteroatoms. The molecule has 0 spiro atoms. The fourth-order valence-corrected chi connectivity index (χ4v) is 1.25. The van der Waals surface area contributed by atoms with Crippen molar-refractivity contribution >= 4 is 8.25 Å². The van der Waals surface area contributed by atoms with E-state index in [2.05, 4.69) is 0 Å². The predicted molar refractivity (Wildman–Crippen MR) is 44.7 cm³/mol. The number of hydrogen-bond acceptors (Lipinski definition) is 3. The fourth-order valence-electron chi connectivity index (χ4n) is 0.416. The standard InChI is InChI=1S/C7H16O3P/c1-5-6-9-11(8)10-7(2,3)4/h5-6H2,1-4H3/q+1. The second-order valence-corrected chi connectivity index (χ2v) is 4.15. The van der Waals surface area contributed by atoms with E-state index in [1.165, 1.54) is 0 Å². The molecular formula is C7H16O3P+. The molecule has 0 aliphatic carbocycles. The van der Waals surface area contributed by atoms with Crippen LogP contribution in [-0.4, -0.2) is 12.2 Å². The molecular weight excluding hydrogens is 163 g/mol. The Balaban J connectivity index is 3.53. The van der Waals surface area contributed by atoms with E-state index in [1.807, 2.05) is 27.7 Å². The Morgan fingerprint density at radius 2 is 1.91 bits per heavy atom. The normalized spacial score (nSPS) is 13.3. The molecule has 0 aromatic heterocycles. The number of rotatable bonds is 4. The molecule has 3 nitrogen and oxygen atoms in total. The van der Waals surface area contributed by atoms with Crippen molar-refractivity contribution < 1.29 is 13.6 Å². The van der Waals surface area contributed by atoms with Crippen LogP contribution in [-0.2, 0) is 13.6 Å². The lowest BCUT2D eigenvalue weighted by atomic mass is 10.2. The monoisotopic (exact) mass is 179 g/mol. The summed E-state index contributed by atoms with van der Waals surface area (Å²) in [7, 11) is -1.92. The van der Waals surface area contributed by atoms with Gasteiger partial charge in [-0.05, 0) is 27.2 Å². The van der Waals surface area contributed by atoms with E-state index in [1.54, 1.807) is 0 Å². The first-order valence-electron chi connectivity index (χ1n) is 3.75. The molecule has 0 radical (unpaired) electrons. The minimum Gasteiger partial charge on any atom is -0.119 e. The Labute approximate surface area is 69.0 Å². The first-order valence-corrected chi connectivity index (χ1v) is 4.84. The molecule has 0 bridgehead atoms. The highest BCUT2D eigenvalue weighted by Crippen LogP contribution is 2.30. The third-order valence-electron chi connectivity index (χ3n) is 0.749. The smallest absolute Gasteiger partial charge is 0.119 e. The van der Waals surface area contributed by atoms with Gasteiger partial charge < -0.3 is 0 Å². The zero-order valence-corrected chi connectivity index (χ0v) is 8.48. The Kier molecular flexibility index (Phi) is 4.82. The second kappa shape index (κ2) is 4.81. The Bertz CT molecular complexity index is 128. The lowest BCUT2D eigenvalue weighted by molar-refractivity contribution is 0.108. The molecule has 0 saturated carbocycles. The summed E-state index contributed by atoms with van der Waals surface area (Å²) in [5.41, 5.74) is -0.388. The van der Waals surface area contributed by atoms with Crippen molar-refractivity contribution in [2.24, 2.45) is 0 Å². The van der Waals surface area contributed by atoms with Gasteiger partial charge in [-0.1, -0.05) is 6.92 Å². The van der Waals surface area contributed by atoms with Crippen LogP contribution in [0.3, 0.4) is 0 Å². The summed E-state index contributed by atoms with van der Waals surface area (Å²) in [6.07, 6.45) is 0.856. The van der Waals surface area contributed by atoms with Gasteiger partial charge >= 0.3 is 8.25 Å². The first kappa shape index (κ1) is 11.0. The maximum atomic E-state index is 10.9. The topological polar surface area (TPSA) is 35.5 Å².